The standard InChI is InChI=1S/C11H16N2O4S/c1-4-17-12-11(14)9-6-5-7-10(8-9)18(15,16)13(2)3/h5-8H,4H2,1-3H3,(H,12,14). The normalized spacial score (nSPS) is 11.6. The molecule has 1 aromatic rings. The molecule has 1 aromatic carbocycles. The average molecular weight is 272 g/mol. The van der Waals surface area contributed by atoms with Gasteiger partial charge in [0.1, 0.15) is 0 Å². The van der Waals surface area contributed by atoms with Gasteiger partial charge >= 0.3 is 0 Å². The monoisotopic (exact) mass is 272 g/mol. The molecule has 18 heavy (non-hydrogen) atoms. The molecule has 0 atom stereocenters. The first-order valence-electron chi connectivity index (χ1n) is 5.34. The lowest BCUT2D eigenvalue weighted by Gasteiger charge is -2.12. The highest BCUT2D eigenvalue weighted by Crippen LogP contribution is 2.14. The molecule has 0 aliphatic carbocycles. The van der Waals surface area contributed by atoms with E-state index in [1.807, 2.05) is 0 Å². The zero-order valence-corrected chi connectivity index (χ0v) is 11.3. The summed E-state index contributed by atoms with van der Waals surface area (Å²) >= 11 is 0. The Balaban J connectivity index is 3.03. The first-order valence-corrected chi connectivity index (χ1v) is 6.78. The van der Waals surface area contributed by atoms with Crippen LogP contribution in [0.1, 0.15) is 17.3 Å². The number of hydrogen-bond acceptors (Lipinski definition) is 4. The molecule has 100 valence electrons. The fourth-order valence-electron chi connectivity index (χ4n) is 1.21. The van der Waals surface area contributed by atoms with Crippen LogP contribution in [0, 0.1) is 0 Å². The fraction of sp³-hybridized carbons (Fsp3) is 0.364. The largest absolute Gasteiger partial charge is 0.274 e. The summed E-state index contributed by atoms with van der Waals surface area (Å²) in [5.74, 6) is -0.479. The zero-order valence-electron chi connectivity index (χ0n) is 10.5. The lowest BCUT2D eigenvalue weighted by atomic mass is 10.2. The van der Waals surface area contributed by atoms with Crippen LogP contribution in [0.2, 0.25) is 0 Å². The highest BCUT2D eigenvalue weighted by Gasteiger charge is 2.18. The molecule has 1 rings (SSSR count). The van der Waals surface area contributed by atoms with Gasteiger partial charge in [-0.05, 0) is 25.1 Å². The third-order valence-electron chi connectivity index (χ3n) is 2.18. The van der Waals surface area contributed by atoms with E-state index in [4.69, 9.17) is 4.84 Å². The van der Waals surface area contributed by atoms with Crippen LogP contribution in [0.15, 0.2) is 29.2 Å². The van der Waals surface area contributed by atoms with Crippen LogP contribution in [-0.2, 0) is 14.9 Å². The van der Waals surface area contributed by atoms with Gasteiger partial charge in [0.2, 0.25) is 10.0 Å². The molecule has 6 nitrogen and oxygen atoms in total. The van der Waals surface area contributed by atoms with E-state index in [1.54, 1.807) is 6.92 Å². The molecule has 0 bridgehead atoms. The van der Waals surface area contributed by atoms with Gasteiger partial charge in [0.15, 0.2) is 0 Å². The number of sulfonamides is 1. The maximum atomic E-state index is 11.9. The average Bonchev–Trinajstić information content (AvgIpc) is 2.35. The number of hydrogen-bond donors (Lipinski definition) is 1. The number of nitrogens with one attached hydrogen (secondary N) is 1. The Labute approximate surface area is 107 Å². The van der Waals surface area contributed by atoms with Gasteiger partial charge in [-0.2, -0.15) is 0 Å². The molecule has 0 heterocycles. The van der Waals surface area contributed by atoms with Gasteiger partial charge in [-0.1, -0.05) is 6.07 Å². The van der Waals surface area contributed by atoms with E-state index in [1.165, 1.54) is 38.4 Å². The third kappa shape index (κ3) is 3.28. The summed E-state index contributed by atoms with van der Waals surface area (Å²) in [4.78, 5) is 16.4. The van der Waals surface area contributed by atoms with Crippen molar-refractivity contribution in [1.29, 1.82) is 0 Å². The molecule has 1 amide bonds. The molecular weight excluding hydrogens is 256 g/mol. The third-order valence-corrected chi connectivity index (χ3v) is 4.00. The minimum Gasteiger partial charge on any atom is -0.274 e. The van der Waals surface area contributed by atoms with E-state index in [-0.39, 0.29) is 10.5 Å². The van der Waals surface area contributed by atoms with Crippen LogP contribution in [0.3, 0.4) is 0 Å². The van der Waals surface area contributed by atoms with Gasteiger partial charge in [0.05, 0.1) is 11.5 Å². The van der Waals surface area contributed by atoms with E-state index >= 15 is 0 Å². The molecular formula is C11H16N2O4S. The summed E-state index contributed by atoms with van der Waals surface area (Å²) < 4.78 is 24.9. The second kappa shape index (κ2) is 5.94. The van der Waals surface area contributed by atoms with E-state index < -0.39 is 15.9 Å². The van der Waals surface area contributed by atoms with Gasteiger partial charge in [0.25, 0.3) is 5.91 Å². The molecule has 0 unspecified atom stereocenters. The van der Waals surface area contributed by atoms with Crippen LogP contribution in [0.5, 0.6) is 0 Å². The zero-order chi connectivity index (χ0) is 13.8. The summed E-state index contributed by atoms with van der Waals surface area (Å²) in [7, 11) is -0.675. The molecule has 0 fully saturated rings. The Morgan fingerprint density at radius 2 is 2.06 bits per heavy atom. The number of carbonyl (C=O) groups excluding carboxylic acids is 1. The van der Waals surface area contributed by atoms with E-state index in [9.17, 15) is 13.2 Å². The van der Waals surface area contributed by atoms with Crippen molar-refractivity contribution in [2.45, 2.75) is 11.8 Å². The van der Waals surface area contributed by atoms with Crippen molar-refractivity contribution in [2.75, 3.05) is 20.7 Å². The molecule has 0 aromatic heterocycles. The van der Waals surface area contributed by atoms with Crippen molar-refractivity contribution in [3.05, 3.63) is 29.8 Å². The molecule has 0 saturated heterocycles. The van der Waals surface area contributed by atoms with Gasteiger partial charge in [-0.3, -0.25) is 9.63 Å². The summed E-state index contributed by atoms with van der Waals surface area (Å²) in [5.41, 5.74) is 2.44. The second-order valence-corrected chi connectivity index (χ2v) is 5.83. The molecule has 0 aliphatic rings. The van der Waals surface area contributed by atoms with Crippen molar-refractivity contribution in [1.82, 2.24) is 9.79 Å². The minimum atomic E-state index is -3.54. The Kier molecular flexibility index (Phi) is 4.83. The SMILES string of the molecule is CCONC(=O)c1cccc(S(=O)(=O)N(C)C)c1. The van der Waals surface area contributed by atoms with E-state index in [2.05, 4.69) is 5.48 Å². The van der Waals surface area contributed by atoms with Crippen LogP contribution in [-0.4, -0.2) is 39.3 Å². The summed E-state index contributed by atoms with van der Waals surface area (Å²) in [6.45, 7) is 2.06. The number of amides is 1. The van der Waals surface area contributed by atoms with Crippen molar-refractivity contribution in [3.8, 4) is 0 Å². The highest BCUT2D eigenvalue weighted by atomic mass is 32.2. The quantitative estimate of drug-likeness (QED) is 0.797. The first-order chi connectivity index (χ1) is 8.39. The molecule has 7 heteroatoms. The van der Waals surface area contributed by atoms with E-state index in [0.29, 0.717) is 6.61 Å². The number of rotatable bonds is 5. The molecule has 0 spiro atoms. The van der Waals surface area contributed by atoms with Gasteiger partial charge in [-0.15, -0.1) is 0 Å². The van der Waals surface area contributed by atoms with Gasteiger partial charge in [0, 0.05) is 19.7 Å². The maximum absolute atomic E-state index is 11.9. The topological polar surface area (TPSA) is 75.7 Å². The second-order valence-electron chi connectivity index (χ2n) is 3.68. The Bertz CT molecular complexity index is 526. The lowest BCUT2D eigenvalue weighted by Crippen LogP contribution is -2.25. The van der Waals surface area contributed by atoms with Crippen molar-refractivity contribution in [3.63, 3.8) is 0 Å². The molecule has 0 saturated carbocycles. The van der Waals surface area contributed by atoms with Crippen molar-refractivity contribution in [2.24, 2.45) is 0 Å². The Morgan fingerprint density at radius 3 is 2.61 bits per heavy atom. The first kappa shape index (κ1) is 14.6. The van der Waals surface area contributed by atoms with Gasteiger partial charge < -0.3 is 0 Å². The predicted octanol–water partition coefficient (Wildman–Crippen LogP) is 0.618. The summed E-state index contributed by atoms with van der Waals surface area (Å²) in [5, 5.41) is 0. The number of hydroxylamine groups is 1. The molecule has 1 N–H and O–H groups in total. The Hall–Kier alpha value is -1.44. The lowest BCUT2D eigenvalue weighted by molar-refractivity contribution is 0.0364. The van der Waals surface area contributed by atoms with E-state index in [0.717, 1.165) is 4.31 Å². The van der Waals surface area contributed by atoms with Crippen LogP contribution in [0.4, 0.5) is 0 Å². The van der Waals surface area contributed by atoms with Crippen LogP contribution in [0.25, 0.3) is 0 Å². The van der Waals surface area contributed by atoms with Gasteiger partial charge in [-0.25, -0.2) is 18.2 Å². The Morgan fingerprint density at radius 1 is 1.39 bits per heavy atom. The smallest absolute Gasteiger partial charge is 0.274 e. The van der Waals surface area contributed by atoms with Crippen LogP contribution < -0.4 is 5.48 Å². The highest BCUT2D eigenvalue weighted by molar-refractivity contribution is 7.89. The predicted molar refractivity (Wildman–Crippen MR) is 66.4 cm³/mol. The summed E-state index contributed by atoms with van der Waals surface area (Å²) in [6, 6.07) is 5.77. The molecule has 0 aliphatic heterocycles. The van der Waals surface area contributed by atoms with Crippen molar-refractivity contribution >= 4 is 15.9 Å². The van der Waals surface area contributed by atoms with Crippen LogP contribution >= 0.6 is 0 Å². The fourth-order valence-corrected chi connectivity index (χ4v) is 2.15. The number of carbonyl (C=O) groups is 1. The van der Waals surface area contributed by atoms with Crippen molar-refractivity contribution < 1.29 is 18.0 Å². The summed E-state index contributed by atoms with van der Waals surface area (Å²) in [6.07, 6.45) is 0. The number of nitrogens with zero attached hydrogens (tertiary/aromatic N) is 1. The minimum absolute atomic E-state index is 0.0663. The number of benzene rings is 1. The molecule has 0 radical (unpaired) electrons. The maximum Gasteiger partial charge on any atom is 0.274 e.